The van der Waals surface area contributed by atoms with E-state index in [0.717, 1.165) is 23.6 Å². The van der Waals surface area contributed by atoms with Gasteiger partial charge in [-0.1, -0.05) is 6.07 Å². The molecule has 1 fully saturated rings. The maximum Gasteiger partial charge on any atom is 0.333 e. The van der Waals surface area contributed by atoms with Gasteiger partial charge in [0, 0.05) is 36.0 Å². The molecule has 2 aliphatic rings. The fourth-order valence-electron chi connectivity index (χ4n) is 2.39. The van der Waals surface area contributed by atoms with Crippen LogP contribution in [0.1, 0.15) is 17.4 Å². The summed E-state index contributed by atoms with van der Waals surface area (Å²) in [5.41, 5.74) is 2.74. The standard InChI is InChI=1S/C12H12N2O2S/c15-12(16)9-3-5-14-10(9)7-17-11(14)8-2-1-4-13-6-8/h1-2,4,6,11H,3,5,7H2,(H,15,16). The number of rotatable bonds is 2. The largest absolute Gasteiger partial charge is 0.478 e. The van der Waals surface area contributed by atoms with Crippen molar-refractivity contribution in [1.29, 1.82) is 0 Å². The van der Waals surface area contributed by atoms with Gasteiger partial charge >= 0.3 is 5.97 Å². The smallest absolute Gasteiger partial charge is 0.333 e. The second-order valence-corrected chi connectivity index (χ2v) is 5.19. The highest BCUT2D eigenvalue weighted by Crippen LogP contribution is 2.47. The number of carboxylic acid groups (broad SMARTS) is 1. The van der Waals surface area contributed by atoms with Crippen molar-refractivity contribution >= 4 is 17.7 Å². The van der Waals surface area contributed by atoms with E-state index in [0.29, 0.717) is 12.0 Å². The summed E-state index contributed by atoms with van der Waals surface area (Å²) in [5, 5.41) is 9.34. The molecule has 0 aliphatic carbocycles. The van der Waals surface area contributed by atoms with Gasteiger partial charge in [0.15, 0.2) is 0 Å². The molecule has 4 nitrogen and oxygen atoms in total. The van der Waals surface area contributed by atoms with Crippen LogP contribution in [0.3, 0.4) is 0 Å². The lowest BCUT2D eigenvalue weighted by atomic mass is 10.2. The third-order valence-corrected chi connectivity index (χ3v) is 4.47. The monoisotopic (exact) mass is 248 g/mol. The Balaban J connectivity index is 1.92. The molecular formula is C12H12N2O2S. The number of carboxylic acids is 1. The number of carbonyl (C=O) groups is 1. The number of aromatic nitrogens is 1. The summed E-state index contributed by atoms with van der Waals surface area (Å²) in [6, 6.07) is 3.97. The Hall–Kier alpha value is -1.49. The zero-order chi connectivity index (χ0) is 11.8. The van der Waals surface area contributed by atoms with E-state index < -0.39 is 5.97 Å². The number of thioether (sulfide) groups is 1. The second-order valence-electron chi connectivity index (χ2n) is 4.12. The molecule has 0 aromatic carbocycles. The molecule has 0 amide bonds. The van der Waals surface area contributed by atoms with E-state index in [-0.39, 0.29) is 5.37 Å². The lowest BCUT2D eigenvalue weighted by molar-refractivity contribution is -0.132. The number of hydrogen-bond donors (Lipinski definition) is 1. The van der Waals surface area contributed by atoms with Crippen LogP contribution in [0.15, 0.2) is 35.8 Å². The summed E-state index contributed by atoms with van der Waals surface area (Å²) in [7, 11) is 0. The van der Waals surface area contributed by atoms with Crippen molar-refractivity contribution in [2.24, 2.45) is 0 Å². The van der Waals surface area contributed by atoms with Gasteiger partial charge in [0.2, 0.25) is 0 Å². The zero-order valence-corrected chi connectivity index (χ0v) is 9.98. The van der Waals surface area contributed by atoms with Crippen molar-refractivity contribution in [3.05, 3.63) is 41.4 Å². The first-order chi connectivity index (χ1) is 8.27. The number of hydrogen-bond acceptors (Lipinski definition) is 4. The first-order valence-electron chi connectivity index (χ1n) is 5.51. The van der Waals surface area contributed by atoms with E-state index in [4.69, 9.17) is 5.11 Å². The summed E-state index contributed by atoms with van der Waals surface area (Å²) >= 11 is 1.77. The summed E-state index contributed by atoms with van der Waals surface area (Å²) in [5.74, 6) is 0.0243. The predicted octanol–water partition coefficient (Wildman–Crippen LogP) is 1.87. The molecule has 0 spiro atoms. The van der Waals surface area contributed by atoms with Crippen molar-refractivity contribution in [3.8, 4) is 0 Å². The molecule has 0 bridgehead atoms. The maximum absolute atomic E-state index is 11.1. The molecule has 88 valence electrons. The Morgan fingerprint density at radius 3 is 3.18 bits per heavy atom. The highest BCUT2D eigenvalue weighted by atomic mass is 32.2. The fraction of sp³-hybridized carbons (Fsp3) is 0.333. The Kier molecular flexibility index (Phi) is 2.55. The average molecular weight is 248 g/mol. The van der Waals surface area contributed by atoms with E-state index in [2.05, 4.69) is 9.88 Å². The SMILES string of the molecule is O=C(O)C1=C2CSC(c3cccnc3)N2CC1. The van der Waals surface area contributed by atoms with Crippen LogP contribution in [0.4, 0.5) is 0 Å². The van der Waals surface area contributed by atoms with E-state index in [1.807, 2.05) is 18.3 Å². The minimum absolute atomic E-state index is 0.232. The lowest BCUT2D eigenvalue weighted by Gasteiger charge is -2.22. The van der Waals surface area contributed by atoms with Gasteiger partial charge in [0.25, 0.3) is 0 Å². The van der Waals surface area contributed by atoms with Crippen LogP contribution in [0.5, 0.6) is 0 Å². The molecule has 2 aliphatic heterocycles. The third-order valence-electron chi connectivity index (χ3n) is 3.19. The molecule has 1 aromatic rings. The zero-order valence-electron chi connectivity index (χ0n) is 9.17. The van der Waals surface area contributed by atoms with Crippen LogP contribution in [-0.2, 0) is 4.79 Å². The van der Waals surface area contributed by atoms with E-state index in [1.165, 1.54) is 0 Å². The van der Waals surface area contributed by atoms with Crippen molar-refractivity contribution < 1.29 is 9.90 Å². The van der Waals surface area contributed by atoms with Crippen molar-refractivity contribution in [2.75, 3.05) is 12.3 Å². The Morgan fingerprint density at radius 2 is 2.47 bits per heavy atom. The predicted molar refractivity (Wildman–Crippen MR) is 65.4 cm³/mol. The molecule has 3 rings (SSSR count). The number of pyridine rings is 1. The third kappa shape index (κ3) is 1.70. The Labute approximate surface area is 103 Å². The average Bonchev–Trinajstić information content (AvgIpc) is 2.89. The summed E-state index contributed by atoms with van der Waals surface area (Å²) in [6.45, 7) is 0.809. The minimum Gasteiger partial charge on any atom is -0.478 e. The summed E-state index contributed by atoms with van der Waals surface area (Å²) < 4.78 is 0. The molecule has 3 heterocycles. The van der Waals surface area contributed by atoms with Crippen molar-refractivity contribution in [1.82, 2.24) is 9.88 Å². The van der Waals surface area contributed by atoms with Gasteiger partial charge in [-0.3, -0.25) is 4.98 Å². The fourth-order valence-corrected chi connectivity index (χ4v) is 3.79. The van der Waals surface area contributed by atoms with Crippen LogP contribution >= 0.6 is 11.8 Å². The summed E-state index contributed by atoms with van der Waals surface area (Å²) in [4.78, 5) is 17.4. The molecule has 1 saturated heterocycles. The van der Waals surface area contributed by atoms with E-state index in [9.17, 15) is 4.79 Å². The molecule has 5 heteroatoms. The molecule has 1 unspecified atom stereocenters. The lowest BCUT2D eigenvalue weighted by Crippen LogP contribution is -2.18. The quantitative estimate of drug-likeness (QED) is 0.866. The van der Waals surface area contributed by atoms with E-state index >= 15 is 0 Å². The van der Waals surface area contributed by atoms with Crippen LogP contribution in [0, 0.1) is 0 Å². The molecule has 1 N–H and O–H groups in total. The van der Waals surface area contributed by atoms with Crippen LogP contribution in [0.25, 0.3) is 0 Å². The van der Waals surface area contributed by atoms with Crippen LogP contribution in [0.2, 0.25) is 0 Å². The summed E-state index contributed by atoms with van der Waals surface area (Å²) in [6.07, 6.45) is 4.27. The number of aliphatic carboxylic acids is 1. The van der Waals surface area contributed by atoms with Gasteiger partial charge in [0.1, 0.15) is 5.37 Å². The Morgan fingerprint density at radius 1 is 1.59 bits per heavy atom. The molecule has 0 radical (unpaired) electrons. The van der Waals surface area contributed by atoms with Crippen molar-refractivity contribution in [2.45, 2.75) is 11.8 Å². The molecule has 1 aromatic heterocycles. The second kappa shape index (κ2) is 4.07. The van der Waals surface area contributed by atoms with E-state index in [1.54, 1.807) is 18.0 Å². The highest BCUT2D eigenvalue weighted by molar-refractivity contribution is 7.99. The van der Waals surface area contributed by atoms with Crippen molar-refractivity contribution in [3.63, 3.8) is 0 Å². The van der Waals surface area contributed by atoms with Crippen LogP contribution in [-0.4, -0.2) is 33.3 Å². The first kappa shape index (κ1) is 10.7. The minimum atomic E-state index is -0.769. The number of nitrogens with zero attached hydrogens (tertiary/aromatic N) is 2. The van der Waals surface area contributed by atoms with Gasteiger partial charge in [-0.05, 0) is 12.5 Å². The first-order valence-corrected chi connectivity index (χ1v) is 6.56. The molecule has 0 saturated carbocycles. The molecule has 1 atom stereocenters. The van der Waals surface area contributed by atoms with Crippen LogP contribution < -0.4 is 0 Å². The highest BCUT2D eigenvalue weighted by Gasteiger charge is 2.37. The van der Waals surface area contributed by atoms with Gasteiger partial charge in [-0.2, -0.15) is 0 Å². The topological polar surface area (TPSA) is 53.4 Å². The van der Waals surface area contributed by atoms with Gasteiger partial charge in [0.05, 0.1) is 5.57 Å². The Bertz CT molecular complexity index is 487. The normalized spacial score (nSPS) is 23.1. The number of fused-ring (bicyclic) bond motifs is 1. The van der Waals surface area contributed by atoms with Gasteiger partial charge in [-0.25, -0.2) is 4.79 Å². The molecule has 17 heavy (non-hydrogen) atoms. The van der Waals surface area contributed by atoms with Gasteiger partial charge in [-0.15, -0.1) is 11.8 Å². The molecular weight excluding hydrogens is 236 g/mol. The maximum atomic E-state index is 11.1. The van der Waals surface area contributed by atoms with Gasteiger partial charge < -0.3 is 10.0 Å².